The second kappa shape index (κ2) is 9.56. The van der Waals surface area contributed by atoms with Gasteiger partial charge in [-0.3, -0.25) is 14.5 Å². The van der Waals surface area contributed by atoms with Gasteiger partial charge in [-0.15, -0.1) is 0 Å². The molecule has 0 spiro atoms. The minimum atomic E-state index is -0.493. The Morgan fingerprint density at radius 2 is 1.96 bits per heavy atom. The van der Waals surface area contributed by atoms with Crippen molar-refractivity contribution >= 4 is 11.8 Å². The molecule has 138 valence electrons. The van der Waals surface area contributed by atoms with Crippen molar-refractivity contribution in [1.82, 2.24) is 15.5 Å². The van der Waals surface area contributed by atoms with E-state index in [4.69, 9.17) is 0 Å². The van der Waals surface area contributed by atoms with Gasteiger partial charge in [-0.05, 0) is 37.4 Å². The fourth-order valence-electron chi connectivity index (χ4n) is 3.41. The molecule has 25 heavy (non-hydrogen) atoms. The van der Waals surface area contributed by atoms with Gasteiger partial charge in [-0.25, -0.2) is 0 Å². The van der Waals surface area contributed by atoms with Gasteiger partial charge >= 0.3 is 0 Å². The summed E-state index contributed by atoms with van der Waals surface area (Å²) in [4.78, 5) is 27.3. The highest BCUT2D eigenvalue weighted by molar-refractivity contribution is 5.88. The molecule has 0 aliphatic carbocycles. The molecule has 0 saturated carbocycles. The van der Waals surface area contributed by atoms with Gasteiger partial charge in [0.25, 0.3) is 0 Å². The Bertz CT molecular complexity index is 559. The molecular formula is C20H31N3O2. The Labute approximate surface area is 151 Å². The number of hydrogen-bond donors (Lipinski definition) is 2. The number of likely N-dealkylation sites (tertiary alicyclic amines) is 1. The van der Waals surface area contributed by atoms with E-state index in [9.17, 15) is 9.59 Å². The monoisotopic (exact) mass is 345 g/mol. The average Bonchev–Trinajstić information content (AvgIpc) is 3.05. The number of likely N-dealkylation sites (N-methyl/N-ethyl adjacent to an activating group) is 1. The average molecular weight is 345 g/mol. The van der Waals surface area contributed by atoms with E-state index in [-0.39, 0.29) is 17.7 Å². The van der Waals surface area contributed by atoms with Gasteiger partial charge in [0, 0.05) is 12.6 Å². The van der Waals surface area contributed by atoms with Gasteiger partial charge in [0.2, 0.25) is 11.8 Å². The summed E-state index contributed by atoms with van der Waals surface area (Å²) < 4.78 is 0. The topological polar surface area (TPSA) is 61.4 Å². The molecular weight excluding hydrogens is 314 g/mol. The molecule has 2 amide bonds. The third-order valence-electron chi connectivity index (χ3n) is 4.89. The zero-order valence-electron chi connectivity index (χ0n) is 15.6. The maximum Gasteiger partial charge on any atom is 0.242 e. The van der Waals surface area contributed by atoms with Crippen LogP contribution in [0.2, 0.25) is 0 Å². The third kappa shape index (κ3) is 5.85. The lowest BCUT2D eigenvalue weighted by Crippen LogP contribution is -2.52. The Morgan fingerprint density at radius 3 is 2.60 bits per heavy atom. The summed E-state index contributed by atoms with van der Waals surface area (Å²) in [6, 6.07) is 9.52. The van der Waals surface area contributed by atoms with Gasteiger partial charge in [0.05, 0.1) is 6.42 Å². The first-order chi connectivity index (χ1) is 12.0. The lowest BCUT2D eigenvalue weighted by Gasteiger charge is -2.26. The van der Waals surface area contributed by atoms with Crippen LogP contribution < -0.4 is 10.6 Å². The zero-order chi connectivity index (χ0) is 18.2. The molecule has 1 saturated heterocycles. The second-order valence-electron chi connectivity index (χ2n) is 7.12. The van der Waals surface area contributed by atoms with Gasteiger partial charge < -0.3 is 10.6 Å². The van der Waals surface area contributed by atoms with Gasteiger partial charge in [-0.2, -0.15) is 0 Å². The van der Waals surface area contributed by atoms with E-state index in [0.717, 1.165) is 25.1 Å². The van der Waals surface area contributed by atoms with Crippen LogP contribution in [0, 0.1) is 5.92 Å². The van der Waals surface area contributed by atoms with Crippen molar-refractivity contribution in [3.05, 3.63) is 35.9 Å². The zero-order valence-corrected chi connectivity index (χ0v) is 15.6. The summed E-state index contributed by atoms with van der Waals surface area (Å²) in [7, 11) is 0. The standard InChI is InChI=1S/C20H31N3O2/c1-4-23-12-8-11-17(23)14-21-20(25)19(15(2)3)22-18(24)13-16-9-6-5-7-10-16/h5-7,9-10,15,17,19H,4,8,11-14H2,1-3H3,(H,21,25)(H,22,24). The van der Waals surface area contributed by atoms with Crippen molar-refractivity contribution in [2.24, 2.45) is 5.92 Å². The summed E-state index contributed by atoms with van der Waals surface area (Å²) in [6.45, 7) is 8.85. The Hall–Kier alpha value is -1.88. The highest BCUT2D eigenvalue weighted by atomic mass is 16.2. The third-order valence-corrected chi connectivity index (χ3v) is 4.89. The molecule has 2 atom stereocenters. The minimum absolute atomic E-state index is 0.0468. The van der Waals surface area contributed by atoms with Gasteiger partial charge in [-0.1, -0.05) is 51.1 Å². The van der Waals surface area contributed by atoms with E-state index in [1.165, 1.54) is 6.42 Å². The van der Waals surface area contributed by atoms with Crippen molar-refractivity contribution in [2.45, 2.75) is 52.1 Å². The molecule has 1 aliphatic heterocycles. The SMILES string of the molecule is CCN1CCCC1CNC(=O)C(NC(=O)Cc1ccccc1)C(C)C. The summed E-state index contributed by atoms with van der Waals surface area (Å²) in [6.07, 6.45) is 2.61. The fourth-order valence-corrected chi connectivity index (χ4v) is 3.41. The smallest absolute Gasteiger partial charge is 0.242 e. The fraction of sp³-hybridized carbons (Fsp3) is 0.600. The predicted octanol–water partition coefficient (Wildman–Crippen LogP) is 1.97. The predicted molar refractivity (Wildman–Crippen MR) is 100 cm³/mol. The van der Waals surface area contributed by atoms with Crippen LogP contribution in [0.3, 0.4) is 0 Å². The molecule has 2 rings (SSSR count). The van der Waals surface area contributed by atoms with Gasteiger partial charge in [0.15, 0.2) is 0 Å². The van der Waals surface area contributed by atoms with Crippen molar-refractivity contribution in [3.8, 4) is 0 Å². The maximum atomic E-state index is 12.6. The summed E-state index contributed by atoms with van der Waals surface area (Å²) in [5.74, 6) is -0.152. The van der Waals surface area contributed by atoms with Crippen molar-refractivity contribution in [1.29, 1.82) is 0 Å². The summed E-state index contributed by atoms with van der Waals surface area (Å²) in [5, 5.41) is 5.94. The molecule has 1 aromatic carbocycles. The highest BCUT2D eigenvalue weighted by Gasteiger charge is 2.27. The Kier molecular flexibility index (Phi) is 7.44. The van der Waals surface area contributed by atoms with Crippen LogP contribution in [0.15, 0.2) is 30.3 Å². The Balaban J connectivity index is 1.86. The van der Waals surface area contributed by atoms with E-state index in [2.05, 4.69) is 22.5 Å². The maximum absolute atomic E-state index is 12.6. The first-order valence-electron chi connectivity index (χ1n) is 9.36. The molecule has 5 nitrogen and oxygen atoms in total. The number of rotatable bonds is 8. The Morgan fingerprint density at radius 1 is 1.24 bits per heavy atom. The number of benzene rings is 1. The van der Waals surface area contributed by atoms with Crippen LogP contribution in [-0.2, 0) is 16.0 Å². The van der Waals surface area contributed by atoms with Crippen molar-refractivity contribution in [3.63, 3.8) is 0 Å². The van der Waals surface area contributed by atoms with Crippen LogP contribution in [0.25, 0.3) is 0 Å². The van der Waals surface area contributed by atoms with Crippen LogP contribution >= 0.6 is 0 Å². The number of nitrogens with zero attached hydrogens (tertiary/aromatic N) is 1. The largest absolute Gasteiger partial charge is 0.353 e. The summed E-state index contributed by atoms with van der Waals surface area (Å²) in [5.41, 5.74) is 0.951. The number of carbonyl (C=O) groups is 2. The van der Waals surface area contributed by atoms with E-state index in [1.54, 1.807) is 0 Å². The molecule has 1 heterocycles. The molecule has 2 N–H and O–H groups in total. The van der Waals surface area contributed by atoms with E-state index in [1.807, 2.05) is 44.2 Å². The molecule has 0 radical (unpaired) electrons. The molecule has 1 fully saturated rings. The number of nitrogens with one attached hydrogen (secondary N) is 2. The van der Waals surface area contributed by atoms with Crippen LogP contribution in [0.1, 0.15) is 39.2 Å². The number of carbonyl (C=O) groups excluding carboxylic acids is 2. The second-order valence-corrected chi connectivity index (χ2v) is 7.12. The lowest BCUT2D eigenvalue weighted by atomic mass is 10.0. The normalized spacial score (nSPS) is 19.0. The molecule has 1 aliphatic rings. The van der Waals surface area contributed by atoms with Gasteiger partial charge in [0.1, 0.15) is 6.04 Å². The number of amides is 2. The van der Waals surface area contributed by atoms with Crippen LogP contribution in [-0.4, -0.2) is 48.4 Å². The first kappa shape index (κ1) is 19.4. The highest BCUT2D eigenvalue weighted by Crippen LogP contribution is 2.15. The van der Waals surface area contributed by atoms with Crippen molar-refractivity contribution < 1.29 is 9.59 Å². The minimum Gasteiger partial charge on any atom is -0.353 e. The van der Waals surface area contributed by atoms with E-state index >= 15 is 0 Å². The molecule has 0 bridgehead atoms. The molecule has 1 aromatic rings. The lowest BCUT2D eigenvalue weighted by molar-refractivity contribution is -0.129. The molecule has 2 unspecified atom stereocenters. The number of hydrogen-bond acceptors (Lipinski definition) is 3. The quantitative estimate of drug-likeness (QED) is 0.757. The van der Waals surface area contributed by atoms with E-state index in [0.29, 0.717) is 19.0 Å². The summed E-state index contributed by atoms with van der Waals surface area (Å²) >= 11 is 0. The van der Waals surface area contributed by atoms with Crippen LogP contribution in [0.4, 0.5) is 0 Å². The molecule has 5 heteroatoms. The van der Waals surface area contributed by atoms with Crippen molar-refractivity contribution in [2.75, 3.05) is 19.6 Å². The molecule has 0 aromatic heterocycles. The van der Waals surface area contributed by atoms with Crippen LogP contribution in [0.5, 0.6) is 0 Å². The van der Waals surface area contributed by atoms with E-state index < -0.39 is 6.04 Å². The first-order valence-corrected chi connectivity index (χ1v) is 9.36.